The van der Waals surface area contributed by atoms with Crippen LogP contribution in [0, 0.1) is 0 Å². The van der Waals surface area contributed by atoms with Gasteiger partial charge in [-0.25, -0.2) is 19.9 Å². The van der Waals surface area contributed by atoms with Crippen LogP contribution >= 0.6 is 22.7 Å². The summed E-state index contributed by atoms with van der Waals surface area (Å²) in [5, 5.41) is 2.26. The van der Waals surface area contributed by atoms with Crippen LogP contribution in [0.25, 0.3) is 130 Å². The monoisotopic (exact) mass is 902 g/mol. The van der Waals surface area contributed by atoms with Crippen LogP contribution in [0.3, 0.4) is 0 Å². The number of fused-ring (bicyclic) bond motifs is 6. The van der Waals surface area contributed by atoms with Crippen LogP contribution < -0.4 is 0 Å². The number of thiophene rings is 2. The normalized spacial score (nSPS) is 11.5. The summed E-state index contributed by atoms with van der Waals surface area (Å²) >= 11 is 3.51. The summed E-state index contributed by atoms with van der Waals surface area (Å²) in [4.78, 5) is 21.7. The molecule has 4 heterocycles. The number of nitrogens with zero attached hydrogens (tertiary/aromatic N) is 4. The summed E-state index contributed by atoms with van der Waals surface area (Å²) in [6.07, 6.45) is 0. The van der Waals surface area contributed by atoms with Gasteiger partial charge in [0.15, 0.2) is 11.6 Å². The molecule has 0 spiro atoms. The first-order valence-electron chi connectivity index (χ1n) is 22.7. The third kappa shape index (κ3) is 6.97. The molecule has 4 nitrogen and oxygen atoms in total. The van der Waals surface area contributed by atoms with E-state index in [1.54, 1.807) is 22.7 Å². The molecule has 0 saturated carbocycles. The van der Waals surface area contributed by atoms with Gasteiger partial charge in [0.1, 0.15) is 0 Å². The predicted molar refractivity (Wildman–Crippen MR) is 287 cm³/mol. The van der Waals surface area contributed by atoms with E-state index in [1.165, 1.54) is 9.40 Å². The van der Waals surface area contributed by atoms with E-state index in [1.807, 2.05) is 0 Å². The van der Waals surface area contributed by atoms with Crippen molar-refractivity contribution in [1.82, 2.24) is 19.9 Å². The lowest BCUT2D eigenvalue weighted by Crippen LogP contribution is -1.97. The Morgan fingerprint density at radius 1 is 0.250 bits per heavy atom. The molecule has 0 amide bonds. The van der Waals surface area contributed by atoms with Gasteiger partial charge in [0.05, 0.1) is 31.8 Å². The van der Waals surface area contributed by atoms with Crippen LogP contribution in [0.2, 0.25) is 0 Å². The molecule has 0 aliphatic heterocycles. The van der Waals surface area contributed by atoms with Crippen LogP contribution in [0.5, 0.6) is 0 Å². The molecule has 0 aliphatic carbocycles. The fraction of sp³-hybridized carbons (Fsp3) is 0. The van der Waals surface area contributed by atoms with E-state index in [9.17, 15) is 0 Å². The highest BCUT2D eigenvalue weighted by Gasteiger charge is 2.23. The summed E-state index contributed by atoms with van der Waals surface area (Å²) in [5.41, 5.74) is 16.8. The minimum Gasteiger partial charge on any atom is -0.226 e. The summed E-state index contributed by atoms with van der Waals surface area (Å²) in [7, 11) is 0. The topological polar surface area (TPSA) is 51.6 Å². The second-order valence-electron chi connectivity index (χ2n) is 16.9. The van der Waals surface area contributed by atoms with Crippen LogP contribution in [0.4, 0.5) is 0 Å². The number of hydrogen-bond donors (Lipinski definition) is 0. The quantitative estimate of drug-likeness (QED) is 0.152. The molecular formula is C62H38N4S2. The van der Waals surface area contributed by atoms with Gasteiger partial charge >= 0.3 is 0 Å². The molecule has 13 rings (SSSR count). The third-order valence-electron chi connectivity index (χ3n) is 12.8. The van der Waals surface area contributed by atoms with Crippen molar-refractivity contribution >= 4 is 63.3 Å². The highest BCUT2D eigenvalue weighted by molar-refractivity contribution is 7.26. The van der Waals surface area contributed by atoms with Gasteiger partial charge in [0, 0.05) is 42.4 Å². The smallest absolute Gasteiger partial charge is 0.160 e. The molecule has 9 aromatic carbocycles. The molecule has 0 bridgehead atoms. The highest BCUT2D eigenvalue weighted by atomic mass is 32.1. The zero-order valence-electron chi connectivity index (χ0n) is 36.5. The summed E-state index contributed by atoms with van der Waals surface area (Å²) in [6.45, 7) is 0. The van der Waals surface area contributed by atoms with Crippen LogP contribution in [-0.2, 0) is 0 Å². The van der Waals surface area contributed by atoms with E-state index in [0.29, 0.717) is 11.6 Å². The van der Waals surface area contributed by atoms with Gasteiger partial charge in [-0.05, 0) is 68.8 Å². The average Bonchev–Trinajstić information content (AvgIpc) is 4.00. The van der Waals surface area contributed by atoms with Gasteiger partial charge in [-0.1, -0.05) is 206 Å². The molecule has 0 atom stereocenters. The number of hydrogen-bond acceptors (Lipinski definition) is 6. The number of benzene rings is 9. The van der Waals surface area contributed by atoms with Gasteiger partial charge in [-0.15, -0.1) is 22.7 Å². The van der Waals surface area contributed by atoms with Gasteiger partial charge < -0.3 is 0 Å². The van der Waals surface area contributed by atoms with Gasteiger partial charge in [0.25, 0.3) is 0 Å². The van der Waals surface area contributed by atoms with Crippen molar-refractivity contribution < 1.29 is 0 Å². The fourth-order valence-electron chi connectivity index (χ4n) is 9.54. The van der Waals surface area contributed by atoms with Crippen LogP contribution in [0.1, 0.15) is 0 Å². The SMILES string of the molecule is c1ccc(-c2cccc(-c3nc(-c4ccccc4-c4ccccc4-c4ccccc4-c4nc(-c5cccc(-c6ccccc6)c5)nc5c4sc4ccccc45)c4sc5ccccc5c4n3)c2)cc1. The second kappa shape index (κ2) is 16.8. The Morgan fingerprint density at radius 3 is 1.00 bits per heavy atom. The molecule has 0 radical (unpaired) electrons. The Labute approximate surface area is 401 Å². The maximum Gasteiger partial charge on any atom is 0.160 e. The maximum absolute atomic E-state index is 5.53. The van der Waals surface area contributed by atoms with Gasteiger partial charge in [-0.2, -0.15) is 0 Å². The van der Waals surface area contributed by atoms with Crippen molar-refractivity contribution in [2.75, 3.05) is 0 Å². The molecule has 0 unspecified atom stereocenters. The molecule has 0 saturated heterocycles. The maximum atomic E-state index is 5.53. The standard InChI is InChI=1S/C62H38N4S2/c1-3-19-39(20-4-1)41-23-17-25-43(37-41)61-63-55(59-57(65-61)51-33-13-15-35-53(51)67-59)49-31-11-9-29-47(49)45-27-7-8-28-46(45)48-30-10-12-32-50(48)56-60-58(52-34-14-16-36-54(52)68-60)66-62(64-56)44-26-18-24-42(38-44)40-21-5-2-6-22-40/h1-38H. The van der Waals surface area contributed by atoms with Gasteiger partial charge in [-0.3, -0.25) is 0 Å². The lowest BCUT2D eigenvalue weighted by molar-refractivity contribution is 1.24. The number of rotatable bonds is 8. The van der Waals surface area contributed by atoms with Crippen molar-refractivity contribution in [2.45, 2.75) is 0 Å². The first-order chi connectivity index (χ1) is 33.7. The van der Waals surface area contributed by atoms with Gasteiger partial charge in [0.2, 0.25) is 0 Å². The minimum atomic E-state index is 0.698. The highest BCUT2D eigenvalue weighted by Crippen LogP contribution is 2.47. The molecule has 0 N–H and O–H groups in total. The Morgan fingerprint density at radius 2 is 0.574 bits per heavy atom. The summed E-state index contributed by atoms with van der Waals surface area (Å²) in [5.74, 6) is 1.40. The largest absolute Gasteiger partial charge is 0.226 e. The Kier molecular flexibility index (Phi) is 9.85. The lowest BCUT2D eigenvalue weighted by Gasteiger charge is -2.18. The Hall–Kier alpha value is -8.42. The zero-order valence-corrected chi connectivity index (χ0v) is 38.2. The van der Waals surface area contributed by atoms with Crippen LogP contribution in [0.15, 0.2) is 231 Å². The van der Waals surface area contributed by atoms with E-state index in [4.69, 9.17) is 19.9 Å². The average molecular weight is 903 g/mol. The van der Waals surface area contributed by atoms with E-state index in [2.05, 4.69) is 231 Å². The van der Waals surface area contributed by atoms with E-state index in [-0.39, 0.29) is 0 Å². The minimum absolute atomic E-state index is 0.698. The Bertz CT molecular complexity index is 3780. The fourth-order valence-corrected chi connectivity index (χ4v) is 11.8. The van der Waals surface area contributed by atoms with Crippen molar-refractivity contribution in [2.24, 2.45) is 0 Å². The molecule has 0 aliphatic rings. The third-order valence-corrected chi connectivity index (χ3v) is 15.1. The molecule has 318 valence electrons. The molecular weight excluding hydrogens is 865 g/mol. The molecule has 6 heteroatoms. The molecule has 4 aromatic heterocycles. The van der Waals surface area contributed by atoms with Crippen LogP contribution in [-0.4, -0.2) is 19.9 Å². The lowest BCUT2D eigenvalue weighted by atomic mass is 9.88. The van der Waals surface area contributed by atoms with Crippen molar-refractivity contribution in [3.63, 3.8) is 0 Å². The van der Waals surface area contributed by atoms with E-state index >= 15 is 0 Å². The van der Waals surface area contributed by atoms with Crippen molar-refractivity contribution in [3.05, 3.63) is 231 Å². The first-order valence-corrected chi connectivity index (χ1v) is 24.3. The first kappa shape index (κ1) is 39.9. The number of aromatic nitrogens is 4. The molecule has 13 aromatic rings. The van der Waals surface area contributed by atoms with Crippen molar-refractivity contribution in [1.29, 1.82) is 0 Å². The van der Waals surface area contributed by atoms with Crippen molar-refractivity contribution in [3.8, 4) is 89.8 Å². The zero-order chi connectivity index (χ0) is 45.0. The summed E-state index contributed by atoms with van der Waals surface area (Å²) in [6, 6.07) is 81.5. The molecule has 68 heavy (non-hydrogen) atoms. The van der Waals surface area contributed by atoms with E-state index in [0.717, 1.165) is 109 Å². The Balaban J connectivity index is 1.00. The second-order valence-corrected chi connectivity index (χ2v) is 19.0. The summed E-state index contributed by atoms with van der Waals surface area (Å²) < 4.78 is 4.50. The van der Waals surface area contributed by atoms with E-state index < -0.39 is 0 Å². The predicted octanol–water partition coefficient (Wildman–Crippen LogP) is 17.3. The molecule has 0 fully saturated rings.